The van der Waals surface area contributed by atoms with E-state index in [1.54, 1.807) is 14.0 Å². The van der Waals surface area contributed by atoms with Crippen molar-refractivity contribution in [1.29, 1.82) is 0 Å². The largest absolute Gasteiger partial charge is 0.478 e. The third kappa shape index (κ3) is 1.86. The fraction of sp³-hybridized carbons (Fsp3) is 0.846. The van der Waals surface area contributed by atoms with Crippen LogP contribution in [0.4, 0.5) is 0 Å². The van der Waals surface area contributed by atoms with Crippen LogP contribution < -0.4 is 0 Å². The van der Waals surface area contributed by atoms with Crippen molar-refractivity contribution in [3.8, 4) is 0 Å². The molecular formula is C13H23NO4. The number of carbonyl (C=O) groups is 2. The summed E-state index contributed by atoms with van der Waals surface area (Å²) in [6.45, 7) is 10.6. The molecule has 5 heteroatoms. The number of carbonyl (C=O) groups excluding carboxylic acids is 1. The number of Topliss-reactive ketones (excluding diaryl/α,β-unsaturated/α-hetero) is 1. The molecule has 104 valence electrons. The van der Waals surface area contributed by atoms with Gasteiger partial charge in [0.25, 0.3) is 0 Å². The summed E-state index contributed by atoms with van der Waals surface area (Å²) in [6.07, 6.45) is -0.478. The van der Waals surface area contributed by atoms with Crippen LogP contribution in [0.15, 0.2) is 0 Å². The number of nitrogens with zero attached hydrogens (tertiary/aromatic N) is 1. The lowest BCUT2D eigenvalue weighted by Crippen LogP contribution is -2.59. The minimum atomic E-state index is -1.47. The zero-order valence-electron chi connectivity index (χ0n) is 12.2. The number of likely N-dealkylation sites (N-methyl/N-ethyl adjacent to an activating group) is 1. The van der Waals surface area contributed by atoms with Crippen LogP contribution >= 0.6 is 0 Å². The Hall–Kier alpha value is -0.940. The molecule has 1 rings (SSSR count). The third-order valence-corrected chi connectivity index (χ3v) is 4.09. The number of hydrogen-bond donors (Lipinski definition) is 1. The van der Waals surface area contributed by atoms with E-state index in [4.69, 9.17) is 4.74 Å². The summed E-state index contributed by atoms with van der Waals surface area (Å²) in [6, 6.07) is 0. The highest BCUT2D eigenvalue weighted by Crippen LogP contribution is 2.46. The van der Waals surface area contributed by atoms with E-state index < -0.39 is 23.3 Å². The second kappa shape index (κ2) is 4.03. The summed E-state index contributed by atoms with van der Waals surface area (Å²) in [7, 11) is 1.63. The number of aliphatic carboxylic acids is 1. The Balaban J connectivity index is 3.38. The summed E-state index contributed by atoms with van der Waals surface area (Å²) in [5.41, 5.74) is -2.74. The van der Waals surface area contributed by atoms with Crippen LogP contribution in [-0.2, 0) is 14.3 Å². The van der Waals surface area contributed by atoms with Crippen molar-refractivity contribution in [1.82, 2.24) is 4.90 Å². The number of hydrogen-bond acceptors (Lipinski definition) is 4. The monoisotopic (exact) mass is 257 g/mol. The molecule has 0 aromatic carbocycles. The molecule has 5 nitrogen and oxygen atoms in total. The standard InChI is InChI=1S/C13H23NO4/c1-8(15)12(5)9(11(2,3)4)18-13(6,10(16)17)14(12)7/h9H,1-7H3,(H,16,17). The Morgan fingerprint density at radius 1 is 1.28 bits per heavy atom. The molecule has 0 bridgehead atoms. The molecule has 0 aromatic heterocycles. The maximum Gasteiger partial charge on any atom is 0.351 e. The lowest BCUT2D eigenvalue weighted by Gasteiger charge is -2.39. The average molecular weight is 257 g/mol. The molecule has 1 heterocycles. The molecule has 0 radical (unpaired) electrons. The van der Waals surface area contributed by atoms with E-state index in [2.05, 4.69) is 0 Å². The van der Waals surface area contributed by atoms with Gasteiger partial charge in [-0.2, -0.15) is 0 Å². The summed E-state index contributed by atoms with van der Waals surface area (Å²) in [4.78, 5) is 25.0. The van der Waals surface area contributed by atoms with Gasteiger partial charge >= 0.3 is 5.97 Å². The summed E-state index contributed by atoms with van der Waals surface area (Å²) in [5.74, 6) is -1.17. The smallest absolute Gasteiger partial charge is 0.351 e. The van der Waals surface area contributed by atoms with E-state index in [9.17, 15) is 14.7 Å². The predicted octanol–water partition coefficient (Wildman–Crippen LogP) is 1.51. The normalized spacial score (nSPS) is 37.8. The first-order chi connectivity index (χ1) is 7.88. The fourth-order valence-electron chi connectivity index (χ4n) is 2.68. The van der Waals surface area contributed by atoms with E-state index in [1.165, 1.54) is 18.7 Å². The van der Waals surface area contributed by atoms with Crippen molar-refractivity contribution >= 4 is 11.8 Å². The summed E-state index contributed by atoms with van der Waals surface area (Å²) < 4.78 is 5.77. The van der Waals surface area contributed by atoms with Gasteiger partial charge in [-0.05, 0) is 33.2 Å². The summed E-state index contributed by atoms with van der Waals surface area (Å²) in [5, 5.41) is 9.36. The molecular weight excluding hydrogens is 234 g/mol. The zero-order valence-corrected chi connectivity index (χ0v) is 12.2. The lowest BCUT2D eigenvalue weighted by atomic mass is 9.75. The van der Waals surface area contributed by atoms with Crippen LogP contribution in [0.3, 0.4) is 0 Å². The van der Waals surface area contributed by atoms with Gasteiger partial charge in [0, 0.05) is 0 Å². The highest BCUT2D eigenvalue weighted by Gasteiger charge is 2.64. The second-order valence-corrected chi connectivity index (χ2v) is 6.41. The molecule has 0 aliphatic carbocycles. The molecule has 1 aliphatic rings. The maximum absolute atomic E-state index is 12.0. The van der Waals surface area contributed by atoms with E-state index in [0.717, 1.165) is 0 Å². The van der Waals surface area contributed by atoms with Gasteiger partial charge in [-0.3, -0.25) is 9.69 Å². The molecule has 3 atom stereocenters. The van der Waals surface area contributed by atoms with E-state index >= 15 is 0 Å². The van der Waals surface area contributed by atoms with Gasteiger partial charge in [-0.25, -0.2) is 4.79 Å². The second-order valence-electron chi connectivity index (χ2n) is 6.41. The Kier molecular flexibility index (Phi) is 3.39. The molecule has 0 amide bonds. The van der Waals surface area contributed by atoms with Gasteiger partial charge < -0.3 is 9.84 Å². The van der Waals surface area contributed by atoms with Crippen LogP contribution in [0.5, 0.6) is 0 Å². The predicted molar refractivity (Wildman–Crippen MR) is 67.2 cm³/mol. The minimum Gasteiger partial charge on any atom is -0.478 e. The number of carboxylic acids is 1. The Bertz CT molecular complexity index is 387. The van der Waals surface area contributed by atoms with Gasteiger partial charge in [0.15, 0.2) is 5.78 Å². The molecule has 0 saturated carbocycles. The Morgan fingerprint density at radius 2 is 1.72 bits per heavy atom. The number of carboxylic acid groups (broad SMARTS) is 1. The van der Waals surface area contributed by atoms with Crippen LogP contribution in [-0.4, -0.2) is 46.2 Å². The summed E-state index contributed by atoms with van der Waals surface area (Å²) >= 11 is 0. The van der Waals surface area contributed by atoms with Crippen molar-refractivity contribution in [2.45, 2.75) is 58.9 Å². The van der Waals surface area contributed by atoms with Crippen molar-refractivity contribution in [3.05, 3.63) is 0 Å². The van der Waals surface area contributed by atoms with Crippen molar-refractivity contribution in [3.63, 3.8) is 0 Å². The maximum atomic E-state index is 12.0. The quantitative estimate of drug-likeness (QED) is 0.812. The van der Waals surface area contributed by atoms with Gasteiger partial charge in [0.1, 0.15) is 5.54 Å². The highest BCUT2D eigenvalue weighted by molar-refractivity contribution is 5.89. The average Bonchev–Trinajstić information content (AvgIpc) is 2.41. The topological polar surface area (TPSA) is 66.8 Å². The van der Waals surface area contributed by atoms with Crippen LogP contribution in [0.2, 0.25) is 0 Å². The number of ether oxygens (including phenoxy) is 1. The number of rotatable bonds is 2. The molecule has 1 N–H and O–H groups in total. The first-order valence-corrected chi connectivity index (χ1v) is 6.04. The van der Waals surface area contributed by atoms with E-state index in [0.29, 0.717) is 0 Å². The molecule has 1 fully saturated rings. The minimum absolute atomic E-state index is 0.0881. The molecule has 0 spiro atoms. The van der Waals surface area contributed by atoms with E-state index in [-0.39, 0.29) is 11.2 Å². The molecule has 18 heavy (non-hydrogen) atoms. The Morgan fingerprint density at radius 3 is 1.94 bits per heavy atom. The van der Waals surface area contributed by atoms with Crippen LogP contribution in [0, 0.1) is 5.41 Å². The van der Waals surface area contributed by atoms with Gasteiger partial charge in [0.2, 0.25) is 5.72 Å². The Labute approximate surface area is 108 Å². The molecule has 0 aromatic rings. The number of ketones is 1. The third-order valence-electron chi connectivity index (χ3n) is 4.09. The molecule has 1 aliphatic heterocycles. The van der Waals surface area contributed by atoms with Gasteiger partial charge in [0.05, 0.1) is 6.10 Å². The van der Waals surface area contributed by atoms with Crippen LogP contribution in [0.25, 0.3) is 0 Å². The van der Waals surface area contributed by atoms with Crippen molar-refractivity contribution in [2.24, 2.45) is 5.41 Å². The lowest BCUT2D eigenvalue weighted by molar-refractivity contribution is -0.179. The first-order valence-electron chi connectivity index (χ1n) is 6.04. The molecule has 3 unspecified atom stereocenters. The van der Waals surface area contributed by atoms with Gasteiger partial charge in [-0.1, -0.05) is 20.8 Å². The van der Waals surface area contributed by atoms with Gasteiger partial charge in [-0.15, -0.1) is 0 Å². The fourth-order valence-corrected chi connectivity index (χ4v) is 2.68. The zero-order chi connectivity index (χ0) is 14.5. The van der Waals surface area contributed by atoms with Crippen molar-refractivity contribution in [2.75, 3.05) is 7.05 Å². The molecule has 1 saturated heterocycles. The highest BCUT2D eigenvalue weighted by atomic mass is 16.6. The van der Waals surface area contributed by atoms with Crippen molar-refractivity contribution < 1.29 is 19.4 Å². The SMILES string of the molecule is CC(=O)C1(C)C(C(C)(C)C)OC(C)(C(=O)O)N1C. The first kappa shape index (κ1) is 15.1. The van der Waals surface area contributed by atoms with Crippen LogP contribution in [0.1, 0.15) is 41.5 Å². The van der Waals surface area contributed by atoms with E-state index in [1.807, 2.05) is 20.8 Å².